The number of carbonyl (C=O) groups excluding carboxylic acids is 2. The third-order valence-corrected chi connectivity index (χ3v) is 4.01. The minimum Gasteiger partial charge on any atom is -0.493 e. The largest absolute Gasteiger partial charge is 0.493 e. The van der Waals surface area contributed by atoms with E-state index in [9.17, 15) is 9.59 Å². The molecule has 0 radical (unpaired) electrons. The van der Waals surface area contributed by atoms with Crippen LogP contribution < -0.4 is 10.6 Å². The summed E-state index contributed by atoms with van der Waals surface area (Å²) in [4.78, 5) is 28.7. The number of nitrogens with one attached hydrogen (secondary N) is 2. The fourth-order valence-corrected chi connectivity index (χ4v) is 2.55. The third kappa shape index (κ3) is 5.18. The van der Waals surface area contributed by atoms with Crippen molar-refractivity contribution in [3.05, 3.63) is 89.9 Å². The first-order chi connectivity index (χ1) is 13.6. The number of pyridine rings is 1. The number of methoxy groups -OCH3 is 2. The first-order valence-corrected chi connectivity index (χ1v) is 8.46. The van der Waals surface area contributed by atoms with Gasteiger partial charge in [-0.2, -0.15) is 0 Å². The van der Waals surface area contributed by atoms with E-state index in [0.717, 1.165) is 0 Å². The Morgan fingerprint density at radius 3 is 2.00 bits per heavy atom. The number of hydrogen-bond donors (Lipinski definition) is 2. The maximum atomic E-state index is 12.2. The fourth-order valence-electron chi connectivity index (χ4n) is 2.55. The molecule has 1 aromatic rings. The van der Waals surface area contributed by atoms with Crippen LogP contribution in [0.4, 0.5) is 11.5 Å². The molecule has 29 heavy (non-hydrogen) atoms. The average molecular weight is 443 g/mol. The molecule has 0 saturated heterocycles. The van der Waals surface area contributed by atoms with Crippen molar-refractivity contribution in [2.75, 3.05) is 24.9 Å². The second-order valence-corrected chi connectivity index (χ2v) is 5.73. The number of allylic oxidation sites excluding steroid dienone is 8. The van der Waals surface area contributed by atoms with Crippen molar-refractivity contribution in [2.45, 2.75) is 0 Å². The third-order valence-electron chi connectivity index (χ3n) is 4.01. The van der Waals surface area contributed by atoms with Crippen LogP contribution in [0, 0.1) is 0 Å². The predicted octanol–water partition coefficient (Wildman–Crippen LogP) is 3.01. The molecule has 8 heteroatoms. The molecule has 0 saturated carbocycles. The van der Waals surface area contributed by atoms with Gasteiger partial charge in [0.2, 0.25) is 11.6 Å². The number of Topliss-reactive ketones (excluding diaryl/α,β-unsaturated/α-hetero) is 2. The van der Waals surface area contributed by atoms with E-state index in [-0.39, 0.29) is 42.6 Å². The Kier molecular flexibility index (Phi) is 7.86. The molecule has 2 aliphatic rings. The van der Waals surface area contributed by atoms with E-state index >= 15 is 0 Å². The normalized spacial score (nSPS) is 18.1. The first-order valence-electron chi connectivity index (χ1n) is 8.46. The van der Waals surface area contributed by atoms with Crippen LogP contribution in [0.25, 0.3) is 0 Å². The van der Waals surface area contributed by atoms with E-state index < -0.39 is 0 Å². The van der Waals surface area contributed by atoms with Crippen LogP contribution in [-0.4, -0.2) is 30.8 Å². The van der Waals surface area contributed by atoms with E-state index in [1.165, 1.54) is 14.2 Å². The number of carbonyl (C=O) groups is 2. The van der Waals surface area contributed by atoms with E-state index in [1.807, 2.05) is 0 Å². The number of ketones is 2. The number of rotatable bonds is 6. The minimum atomic E-state index is -0.220. The van der Waals surface area contributed by atoms with Crippen molar-refractivity contribution in [3.8, 4) is 0 Å². The zero-order chi connectivity index (χ0) is 19.9. The van der Waals surface area contributed by atoms with Crippen LogP contribution in [0.15, 0.2) is 89.9 Å². The van der Waals surface area contributed by atoms with Crippen molar-refractivity contribution < 1.29 is 38.5 Å². The monoisotopic (exact) mass is 441 g/mol. The zero-order valence-corrected chi connectivity index (χ0v) is 19.1. The molecule has 144 valence electrons. The van der Waals surface area contributed by atoms with E-state index in [1.54, 1.807) is 67.2 Å². The summed E-state index contributed by atoms with van der Waals surface area (Å²) in [5.41, 5.74) is 1.53. The quantitative estimate of drug-likeness (QED) is 0.517. The van der Waals surface area contributed by atoms with Crippen LogP contribution in [0.3, 0.4) is 0 Å². The van der Waals surface area contributed by atoms with Crippen LogP contribution in [0.5, 0.6) is 0 Å². The molecule has 2 aliphatic carbocycles. The molecule has 2 N–H and O–H groups in total. The van der Waals surface area contributed by atoms with Crippen LogP contribution in [0.2, 0.25) is 0 Å². The SMILES string of the molecule is COC1=CC=C/C(=C/Nc2cccnc2N/C=C2/C=CC=C(OC)C2=O)C1=O.[Zn]. The molecule has 7 nitrogen and oxygen atoms in total. The number of anilines is 2. The molecule has 0 unspecified atom stereocenters. The van der Waals surface area contributed by atoms with Gasteiger partial charge in [0.15, 0.2) is 17.3 Å². The summed E-state index contributed by atoms with van der Waals surface area (Å²) < 4.78 is 10.1. The molecule has 0 atom stereocenters. The van der Waals surface area contributed by atoms with Gasteiger partial charge < -0.3 is 20.1 Å². The van der Waals surface area contributed by atoms with E-state index in [2.05, 4.69) is 15.6 Å². The Labute approximate surface area is 181 Å². The van der Waals surface area contributed by atoms with Crippen molar-refractivity contribution in [1.82, 2.24) is 4.98 Å². The second-order valence-electron chi connectivity index (χ2n) is 5.73. The van der Waals surface area contributed by atoms with Crippen molar-refractivity contribution >= 4 is 23.1 Å². The number of ether oxygens (including phenoxy) is 2. The molecule has 1 aromatic heterocycles. The summed E-state index contributed by atoms with van der Waals surface area (Å²) in [5.74, 6) is 0.603. The molecule has 0 bridgehead atoms. The van der Waals surface area contributed by atoms with E-state index in [4.69, 9.17) is 9.47 Å². The van der Waals surface area contributed by atoms with Gasteiger partial charge in [-0.15, -0.1) is 0 Å². The van der Waals surface area contributed by atoms with Gasteiger partial charge in [0.05, 0.1) is 19.9 Å². The zero-order valence-electron chi connectivity index (χ0n) is 16.1. The maximum Gasteiger partial charge on any atom is 0.228 e. The number of aromatic nitrogens is 1. The van der Waals surface area contributed by atoms with E-state index in [0.29, 0.717) is 22.7 Å². The Hall–Kier alpha value is -3.25. The molecule has 3 rings (SSSR count). The Morgan fingerprint density at radius 2 is 1.45 bits per heavy atom. The van der Waals surface area contributed by atoms with Crippen LogP contribution >= 0.6 is 0 Å². The molecule has 0 aliphatic heterocycles. The van der Waals surface area contributed by atoms with Gasteiger partial charge in [0.25, 0.3) is 0 Å². The smallest absolute Gasteiger partial charge is 0.228 e. The topological polar surface area (TPSA) is 89.5 Å². The summed E-state index contributed by atoms with van der Waals surface area (Å²) in [5, 5.41) is 6.08. The predicted molar refractivity (Wildman–Crippen MR) is 106 cm³/mol. The Balaban J connectivity index is 0.00000300. The number of hydrogen-bond acceptors (Lipinski definition) is 7. The standard InChI is InChI=1S/C21H19N3O4.Zn/c1-27-17-9-3-6-14(19(17)25)12-23-16-8-5-11-22-21(16)24-13-15-7-4-10-18(28-2)20(15)26;/h3-13,23H,1-2H3,(H,22,24);/b14-12-,15-13-;. The fraction of sp³-hybridized carbons (Fsp3) is 0.0952. The summed E-state index contributed by atoms with van der Waals surface area (Å²) in [6.45, 7) is 0. The summed E-state index contributed by atoms with van der Waals surface area (Å²) >= 11 is 0. The Bertz CT molecular complexity index is 908. The van der Waals surface area contributed by atoms with Crippen molar-refractivity contribution in [3.63, 3.8) is 0 Å². The molecular weight excluding hydrogens is 424 g/mol. The first kappa shape index (κ1) is 22.0. The molecule has 1 heterocycles. The van der Waals surface area contributed by atoms with Gasteiger partial charge in [-0.1, -0.05) is 12.2 Å². The molecule has 0 fully saturated rings. The molecule has 0 spiro atoms. The van der Waals surface area contributed by atoms with Crippen molar-refractivity contribution in [1.29, 1.82) is 0 Å². The van der Waals surface area contributed by atoms with Gasteiger partial charge in [0.1, 0.15) is 0 Å². The van der Waals surface area contributed by atoms with Gasteiger partial charge in [-0.3, -0.25) is 9.59 Å². The molecule has 0 aromatic carbocycles. The molecular formula is C21H19N3O4Zn. The Morgan fingerprint density at radius 1 is 0.897 bits per heavy atom. The maximum absolute atomic E-state index is 12.2. The summed E-state index contributed by atoms with van der Waals surface area (Å²) in [6, 6.07) is 3.56. The summed E-state index contributed by atoms with van der Waals surface area (Å²) in [7, 11) is 2.91. The van der Waals surface area contributed by atoms with Gasteiger partial charge >= 0.3 is 0 Å². The molecule has 0 amide bonds. The number of nitrogens with zero attached hydrogens (tertiary/aromatic N) is 1. The van der Waals surface area contributed by atoms with Gasteiger partial charge in [-0.05, 0) is 36.4 Å². The van der Waals surface area contributed by atoms with Gasteiger partial charge in [0, 0.05) is 49.2 Å². The van der Waals surface area contributed by atoms with Crippen molar-refractivity contribution in [2.24, 2.45) is 0 Å². The minimum absolute atomic E-state index is 0. The summed E-state index contributed by atoms with van der Waals surface area (Å²) in [6.07, 6.45) is 14.8. The van der Waals surface area contributed by atoms with Crippen LogP contribution in [0.1, 0.15) is 0 Å². The van der Waals surface area contributed by atoms with Crippen LogP contribution in [-0.2, 0) is 38.5 Å². The second kappa shape index (κ2) is 10.3. The van der Waals surface area contributed by atoms with Gasteiger partial charge in [-0.25, -0.2) is 4.98 Å². The average Bonchev–Trinajstić information content (AvgIpc) is 2.73.